The second-order valence-electron chi connectivity index (χ2n) is 9.20. The Bertz CT molecular complexity index is 1290. The van der Waals surface area contributed by atoms with Gasteiger partial charge in [-0.1, -0.05) is 30.3 Å². The second-order valence-corrected chi connectivity index (χ2v) is 9.20. The SMILES string of the molecule is Cc1cc(N2CCC(C(=O)NCCCc3ccccc3)CC2)n2nc(-c3ccc(F)cc3)cc2n1. The fourth-order valence-corrected chi connectivity index (χ4v) is 4.73. The first kappa shape index (κ1) is 23.0. The maximum Gasteiger partial charge on any atom is 0.223 e. The number of amides is 1. The maximum absolute atomic E-state index is 13.3. The zero-order valence-corrected chi connectivity index (χ0v) is 20.0. The molecule has 1 saturated heterocycles. The molecule has 5 rings (SSSR count). The number of nitrogens with one attached hydrogen (secondary N) is 1. The van der Waals surface area contributed by atoms with Gasteiger partial charge in [0.1, 0.15) is 11.6 Å². The van der Waals surface area contributed by atoms with Crippen molar-refractivity contribution in [2.45, 2.75) is 32.6 Å². The van der Waals surface area contributed by atoms with E-state index in [0.29, 0.717) is 6.54 Å². The Morgan fingerprint density at radius 1 is 1.06 bits per heavy atom. The van der Waals surface area contributed by atoms with Crippen molar-refractivity contribution >= 4 is 17.4 Å². The van der Waals surface area contributed by atoms with Gasteiger partial charge < -0.3 is 10.2 Å². The van der Waals surface area contributed by atoms with E-state index in [0.717, 1.165) is 67.2 Å². The normalized spacial score (nSPS) is 14.4. The molecule has 0 saturated carbocycles. The number of aromatic nitrogens is 3. The van der Waals surface area contributed by atoms with Crippen LogP contribution in [0.3, 0.4) is 0 Å². The number of rotatable bonds is 7. The van der Waals surface area contributed by atoms with Crippen molar-refractivity contribution in [3.63, 3.8) is 0 Å². The largest absolute Gasteiger partial charge is 0.356 e. The number of carbonyl (C=O) groups is 1. The van der Waals surface area contributed by atoms with Gasteiger partial charge in [-0.25, -0.2) is 9.37 Å². The first-order chi connectivity index (χ1) is 17.1. The summed E-state index contributed by atoms with van der Waals surface area (Å²) in [6, 6.07) is 20.7. The van der Waals surface area contributed by atoms with Crippen molar-refractivity contribution < 1.29 is 9.18 Å². The highest BCUT2D eigenvalue weighted by molar-refractivity contribution is 5.79. The van der Waals surface area contributed by atoms with E-state index in [-0.39, 0.29) is 17.6 Å². The molecule has 2 aromatic carbocycles. The van der Waals surface area contributed by atoms with Gasteiger partial charge in [-0.15, -0.1) is 0 Å². The third kappa shape index (κ3) is 5.34. The average Bonchev–Trinajstić information content (AvgIpc) is 3.31. The first-order valence-electron chi connectivity index (χ1n) is 12.3. The Morgan fingerprint density at radius 2 is 1.80 bits per heavy atom. The standard InChI is InChI=1S/C28H30FN5O/c1-20-18-27(34-26(31-20)19-25(32-34)22-9-11-24(29)12-10-22)33-16-13-23(14-17-33)28(35)30-15-5-8-21-6-3-2-4-7-21/h2-4,6-7,9-12,18-19,23H,5,8,13-17H2,1H3,(H,30,35). The molecule has 0 unspecified atom stereocenters. The zero-order chi connectivity index (χ0) is 24.2. The van der Waals surface area contributed by atoms with Crippen LogP contribution in [-0.2, 0) is 11.2 Å². The van der Waals surface area contributed by atoms with Crippen LogP contribution in [0.1, 0.15) is 30.5 Å². The molecule has 0 spiro atoms. The Labute approximate surface area is 204 Å². The number of aryl methyl sites for hydroxylation is 2. The molecule has 1 amide bonds. The predicted molar refractivity (Wildman–Crippen MR) is 136 cm³/mol. The number of anilines is 1. The lowest BCUT2D eigenvalue weighted by Crippen LogP contribution is -2.41. The van der Waals surface area contributed by atoms with Gasteiger partial charge in [-0.05, 0) is 62.4 Å². The van der Waals surface area contributed by atoms with E-state index < -0.39 is 0 Å². The van der Waals surface area contributed by atoms with Gasteiger partial charge in [0.15, 0.2) is 5.65 Å². The number of halogens is 1. The molecule has 3 heterocycles. The molecule has 2 aromatic heterocycles. The lowest BCUT2D eigenvalue weighted by Gasteiger charge is -2.33. The number of fused-ring (bicyclic) bond motifs is 1. The smallest absolute Gasteiger partial charge is 0.223 e. The minimum Gasteiger partial charge on any atom is -0.356 e. The van der Waals surface area contributed by atoms with E-state index in [9.17, 15) is 9.18 Å². The molecule has 0 bridgehead atoms. The minimum atomic E-state index is -0.268. The van der Waals surface area contributed by atoms with Crippen molar-refractivity contribution in [3.8, 4) is 11.3 Å². The van der Waals surface area contributed by atoms with Gasteiger partial charge in [0.2, 0.25) is 5.91 Å². The molecule has 4 aromatic rings. The van der Waals surface area contributed by atoms with Gasteiger partial charge in [0.05, 0.1) is 5.69 Å². The summed E-state index contributed by atoms with van der Waals surface area (Å²) in [7, 11) is 0. The van der Waals surface area contributed by atoms with Crippen molar-refractivity contribution in [2.75, 3.05) is 24.5 Å². The van der Waals surface area contributed by atoms with Crippen LogP contribution >= 0.6 is 0 Å². The van der Waals surface area contributed by atoms with Crippen LogP contribution < -0.4 is 10.2 Å². The summed E-state index contributed by atoms with van der Waals surface area (Å²) < 4.78 is 15.2. The third-order valence-electron chi connectivity index (χ3n) is 6.65. The molecule has 1 fully saturated rings. The van der Waals surface area contributed by atoms with Gasteiger partial charge in [-0.3, -0.25) is 4.79 Å². The first-order valence-corrected chi connectivity index (χ1v) is 12.3. The van der Waals surface area contributed by atoms with Crippen LogP contribution in [0.4, 0.5) is 10.2 Å². The molecule has 1 aliphatic rings. The van der Waals surface area contributed by atoms with Crippen LogP contribution in [0.15, 0.2) is 66.7 Å². The average molecular weight is 472 g/mol. The summed E-state index contributed by atoms with van der Waals surface area (Å²) in [5.41, 5.74) is 4.58. The summed E-state index contributed by atoms with van der Waals surface area (Å²) in [4.78, 5) is 19.6. The van der Waals surface area contributed by atoms with Gasteiger partial charge in [0.25, 0.3) is 0 Å². The number of nitrogens with zero attached hydrogens (tertiary/aromatic N) is 4. The van der Waals surface area contributed by atoms with Crippen LogP contribution in [0.2, 0.25) is 0 Å². The Hall–Kier alpha value is -3.74. The summed E-state index contributed by atoms with van der Waals surface area (Å²) in [5, 5.41) is 7.90. The number of piperidine rings is 1. The highest BCUT2D eigenvalue weighted by Gasteiger charge is 2.26. The topological polar surface area (TPSA) is 62.5 Å². The third-order valence-corrected chi connectivity index (χ3v) is 6.65. The monoisotopic (exact) mass is 471 g/mol. The number of hydrogen-bond acceptors (Lipinski definition) is 4. The number of hydrogen-bond donors (Lipinski definition) is 1. The highest BCUT2D eigenvalue weighted by atomic mass is 19.1. The minimum absolute atomic E-state index is 0.0359. The van der Waals surface area contributed by atoms with Crippen LogP contribution in [0.25, 0.3) is 16.9 Å². The molecule has 7 heteroatoms. The summed E-state index contributed by atoms with van der Waals surface area (Å²) >= 11 is 0. The van der Waals surface area contributed by atoms with E-state index in [2.05, 4.69) is 27.3 Å². The predicted octanol–water partition coefficient (Wildman–Crippen LogP) is 4.81. The molecular formula is C28H30FN5O. The van der Waals surface area contributed by atoms with E-state index in [1.165, 1.54) is 17.7 Å². The quantitative estimate of drug-likeness (QED) is 0.393. The molecule has 6 nitrogen and oxygen atoms in total. The van der Waals surface area contributed by atoms with Crippen molar-refractivity contribution in [2.24, 2.45) is 5.92 Å². The molecule has 180 valence electrons. The van der Waals surface area contributed by atoms with Crippen molar-refractivity contribution in [1.29, 1.82) is 0 Å². The van der Waals surface area contributed by atoms with Crippen LogP contribution in [0, 0.1) is 18.7 Å². The highest BCUT2D eigenvalue weighted by Crippen LogP contribution is 2.27. The lowest BCUT2D eigenvalue weighted by atomic mass is 9.96. The van der Waals surface area contributed by atoms with Gasteiger partial charge >= 0.3 is 0 Å². The Kier molecular flexibility index (Phi) is 6.75. The fourth-order valence-electron chi connectivity index (χ4n) is 4.73. The zero-order valence-electron chi connectivity index (χ0n) is 20.0. The second kappa shape index (κ2) is 10.3. The van der Waals surface area contributed by atoms with E-state index in [1.807, 2.05) is 41.8 Å². The lowest BCUT2D eigenvalue weighted by molar-refractivity contribution is -0.125. The molecule has 0 aliphatic carbocycles. The summed E-state index contributed by atoms with van der Waals surface area (Å²) in [6.07, 6.45) is 3.53. The molecular weight excluding hydrogens is 441 g/mol. The number of carbonyl (C=O) groups excluding carboxylic acids is 1. The van der Waals surface area contributed by atoms with E-state index >= 15 is 0 Å². The van der Waals surface area contributed by atoms with E-state index in [4.69, 9.17) is 5.10 Å². The van der Waals surface area contributed by atoms with Crippen LogP contribution in [0.5, 0.6) is 0 Å². The van der Waals surface area contributed by atoms with Crippen molar-refractivity contribution in [1.82, 2.24) is 19.9 Å². The molecule has 35 heavy (non-hydrogen) atoms. The number of benzene rings is 2. The van der Waals surface area contributed by atoms with Gasteiger partial charge in [-0.2, -0.15) is 9.61 Å². The Balaban J connectivity index is 1.21. The fraction of sp³-hybridized carbons (Fsp3) is 0.321. The van der Waals surface area contributed by atoms with Gasteiger partial charge in [0, 0.05) is 48.9 Å². The van der Waals surface area contributed by atoms with Crippen LogP contribution in [-0.4, -0.2) is 40.1 Å². The van der Waals surface area contributed by atoms with Crippen molar-refractivity contribution in [3.05, 3.63) is 83.8 Å². The Morgan fingerprint density at radius 3 is 2.54 bits per heavy atom. The molecule has 1 aliphatic heterocycles. The molecule has 1 N–H and O–H groups in total. The van der Waals surface area contributed by atoms with E-state index in [1.54, 1.807) is 12.1 Å². The maximum atomic E-state index is 13.3. The molecule has 0 radical (unpaired) electrons. The summed E-state index contributed by atoms with van der Waals surface area (Å²) in [5.74, 6) is 0.901. The molecule has 0 atom stereocenters. The summed E-state index contributed by atoms with van der Waals surface area (Å²) in [6.45, 7) is 4.25.